The summed E-state index contributed by atoms with van der Waals surface area (Å²) in [5.41, 5.74) is -0.347. The lowest BCUT2D eigenvalue weighted by Gasteiger charge is -2.15. The van der Waals surface area contributed by atoms with E-state index < -0.39 is 0 Å². The molecule has 0 saturated heterocycles. The van der Waals surface area contributed by atoms with Crippen LogP contribution in [0.1, 0.15) is 13.8 Å². The summed E-state index contributed by atoms with van der Waals surface area (Å²) in [7, 11) is 0. The number of hydrogen-bond acceptors (Lipinski definition) is 2. The maximum atomic E-state index is 10.7. The molecule has 1 rings (SSSR count). The van der Waals surface area contributed by atoms with Gasteiger partial charge in [0.1, 0.15) is 0 Å². The van der Waals surface area contributed by atoms with Crippen molar-refractivity contribution in [2.24, 2.45) is 0 Å². The zero-order valence-corrected chi connectivity index (χ0v) is 5.06. The SMILES string of the molecule is CC1(C)NC=CC1=O. The van der Waals surface area contributed by atoms with Gasteiger partial charge in [-0.05, 0) is 19.9 Å². The summed E-state index contributed by atoms with van der Waals surface area (Å²) in [6.07, 6.45) is 3.24. The van der Waals surface area contributed by atoms with Gasteiger partial charge in [0.05, 0.1) is 5.54 Å². The Hall–Kier alpha value is -0.790. The zero-order valence-electron chi connectivity index (χ0n) is 5.06. The maximum Gasteiger partial charge on any atom is 0.181 e. The third-order valence-electron chi connectivity index (χ3n) is 1.29. The summed E-state index contributed by atoms with van der Waals surface area (Å²) in [5.74, 6) is 0.150. The zero-order chi connectivity index (χ0) is 6.20. The van der Waals surface area contributed by atoms with E-state index in [0.717, 1.165) is 0 Å². The molecular weight excluding hydrogens is 102 g/mol. The molecule has 0 atom stereocenters. The van der Waals surface area contributed by atoms with Gasteiger partial charge in [-0.15, -0.1) is 0 Å². The first-order valence-corrected chi connectivity index (χ1v) is 2.61. The molecule has 44 valence electrons. The van der Waals surface area contributed by atoms with Gasteiger partial charge in [-0.3, -0.25) is 4.79 Å². The van der Waals surface area contributed by atoms with Crippen LogP contribution >= 0.6 is 0 Å². The average Bonchev–Trinajstić information content (AvgIpc) is 1.86. The fourth-order valence-electron chi connectivity index (χ4n) is 0.605. The molecule has 2 heteroatoms. The topological polar surface area (TPSA) is 29.1 Å². The fourth-order valence-corrected chi connectivity index (χ4v) is 0.605. The Morgan fingerprint density at radius 1 is 1.62 bits per heavy atom. The smallest absolute Gasteiger partial charge is 0.181 e. The molecule has 0 aromatic rings. The Morgan fingerprint density at radius 3 is 2.38 bits per heavy atom. The second kappa shape index (κ2) is 1.34. The van der Waals surface area contributed by atoms with E-state index in [1.54, 1.807) is 12.3 Å². The summed E-state index contributed by atoms with van der Waals surface area (Å²) in [6.45, 7) is 3.71. The Morgan fingerprint density at radius 2 is 2.25 bits per heavy atom. The molecule has 0 amide bonds. The molecule has 1 aliphatic heterocycles. The summed E-state index contributed by atoms with van der Waals surface area (Å²) in [6, 6.07) is 0. The van der Waals surface area contributed by atoms with Gasteiger partial charge in [0.15, 0.2) is 5.78 Å². The van der Waals surface area contributed by atoms with Gasteiger partial charge in [-0.1, -0.05) is 0 Å². The monoisotopic (exact) mass is 111 g/mol. The van der Waals surface area contributed by atoms with Gasteiger partial charge >= 0.3 is 0 Å². The minimum atomic E-state index is -0.347. The van der Waals surface area contributed by atoms with Gasteiger partial charge < -0.3 is 5.32 Å². The van der Waals surface area contributed by atoms with E-state index in [0.29, 0.717) is 0 Å². The van der Waals surface area contributed by atoms with Crippen LogP contribution in [0.4, 0.5) is 0 Å². The van der Waals surface area contributed by atoms with Crippen molar-refractivity contribution in [3.8, 4) is 0 Å². The average molecular weight is 111 g/mol. The lowest BCUT2D eigenvalue weighted by atomic mass is 10.0. The van der Waals surface area contributed by atoms with E-state index in [2.05, 4.69) is 5.32 Å². The van der Waals surface area contributed by atoms with Gasteiger partial charge in [0, 0.05) is 6.20 Å². The first-order valence-electron chi connectivity index (χ1n) is 2.61. The highest BCUT2D eigenvalue weighted by Crippen LogP contribution is 2.09. The molecule has 1 N–H and O–H groups in total. The lowest BCUT2D eigenvalue weighted by molar-refractivity contribution is -0.118. The first-order chi connectivity index (χ1) is 3.63. The van der Waals surface area contributed by atoms with E-state index in [1.165, 1.54) is 0 Å². The van der Waals surface area contributed by atoms with Crippen LogP contribution in [-0.2, 0) is 4.79 Å². The number of ketones is 1. The van der Waals surface area contributed by atoms with Crippen LogP contribution in [0.15, 0.2) is 12.3 Å². The molecular formula is C6H9NO. The molecule has 1 aliphatic rings. The second-order valence-corrected chi connectivity index (χ2v) is 2.47. The molecule has 0 aliphatic carbocycles. The second-order valence-electron chi connectivity index (χ2n) is 2.47. The standard InChI is InChI=1S/C6H9NO/c1-6(2)5(8)3-4-7-6/h3-4,7H,1-2H3. The molecule has 2 nitrogen and oxygen atoms in total. The van der Waals surface area contributed by atoms with Crippen LogP contribution in [0.5, 0.6) is 0 Å². The van der Waals surface area contributed by atoms with Gasteiger partial charge in [0.25, 0.3) is 0 Å². The van der Waals surface area contributed by atoms with E-state index >= 15 is 0 Å². The molecule has 0 saturated carbocycles. The third-order valence-corrected chi connectivity index (χ3v) is 1.29. The molecule has 0 spiro atoms. The van der Waals surface area contributed by atoms with Crippen molar-refractivity contribution in [2.45, 2.75) is 19.4 Å². The van der Waals surface area contributed by atoms with Crippen LogP contribution in [0.2, 0.25) is 0 Å². The Balaban J connectivity index is 2.79. The van der Waals surface area contributed by atoms with Crippen molar-refractivity contribution in [2.75, 3.05) is 0 Å². The number of nitrogens with one attached hydrogen (secondary N) is 1. The van der Waals surface area contributed by atoms with E-state index in [9.17, 15) is 4.79 Å². The van der Waals surface area contributed by atoms with Crippen molar-refractivity contribution in [3.05, 3.63) is 12.3 Å². The molecule has 0 aromatic heterocycles. The number of hydrogen-bond donors (Lipinski definition) is 1. The summed E-state index contributed by atoms with van der Waals surface area (Å²) < 4.78 is 0. The molecule has 8 heavy (non-hydrogen) atoms. The third kappa shape index (κ3) is 0.619. The minimum Gasteiger partial charge on any atom is -0.379 e. The Kier molecular flexibility index (Phi) is 0.897. The predicted octanol–water partition coefficient (Wildman–Crippen LogP) is 0.451. The largest absolute Gasteiger partial charge is 0.379 e. The normalized spacial score (nSPS) is 23.5. The first kappa shape index (κ1) is 5.35. The minimum absolute atomic E-state index is 0.150. The van der Waals surface area contributed by atoms with Crippen LogP contribution in [0, 0.1) is 0 Å². The van der Waals surface area contributed by atoms with Crippen molar-refractivity contribution < 1.29 is 4.79 Å². The van der Waals surface area contributed by atoms with Gasteiger partial charge in [-0.25, -0.2) is 0 Å². The highest BCUT2D eigenvalue weighted by atomic mass is 16.1. The van der Waals surface area contributed by atoms with Crippen molar-refractivity contribution in [3.63, 3.8) is 0 Å². The van der Waals surface area contributed by atoms with E-state index in [1.807, 2.05) is 13.8 Å². The Labute approximate surface area is 48.6 Å². The van der Waals surface area contributed by atoms with Crippen LogP contribution < -0.4 is 5.32 Å². The summed E-state index contributed by atoms with van der Waals surface area (Å²) >= 11 is 0. The number of carbonyl (C=O) groups excluding carboxylic acids is 1. The fraction of sp³-hybridized carbons (Fsp3) is 0.500. The molecule has 0 bridgehead atoms. The summed E-state index contributed by atoms with van der Waals surface area (Å²) in [4.78, 5) is 10.7. The van der Waals surface area contributed by atoms with Crippen LogP contribution in [0.25, 0.3) is 0 Å². The van der Waals surface area contributed by atoms with Crippen molar-refractivity contribution >= 4 is 5.78 Å². The molecule has 0 unspecified atom stereocenters. The Bertz CT molecular complexity index is 147. The highest BCUT2D eigenvalue weighted by Gasteiger charge is 2.26. The molecule has 0 fully saturated rings. The van der Waals surface area contributed by atoms with E-state index in [-0.39, 0.29) is 11.3 Å². The maximum absolute atomic E-state index is 10.7. The van der Waals surface area contributed by atoms with Crippen LogP contribution in [-0.4, -0.2) is 11.3 Å². The van der Waals surface area contributed by atoms with Crippen LogP contribution in [0.3, 0.4) is 0 Å². The van der Waals surface area contributed by atoms with Crippen molar-refractivity contribution in [1.29, 1.82) is 0 Å². The highest BCUT2D eigenvalue weighted by molar-refractivity contribution is 5.99. The van der Waals surface area contributed by atoms with Crippen molar-refractivity contribution in [1.82, 2.24) is 5.32 Å². The van der Waals surface area contributed by atoms with E-state index in [4.69, 9.17) is 0 Å². The quantitative estimate of drug-likeness (QED) is 0.491. The molecule has 0 radical (unpaired) electrons. The number of rotatable bonds is 0. The van der Waals surface area contributed by atoms with Gasteiger partial charge in [0.2, 0.25) is 0 Å². The molecule has 0 aromatic carbocycles. The summed E-state index contributed by atoms with van der Waals surface area (Å²) in [5, 5.41) is 2.92. The lowest BCUT2D eigenvalue weighted by Crippen LogP contribution is -2.37. The van der Waals surface area contributed by atoms with Gasteiger partial charge in [-0.2, -0.15) is 0 Å². The predicted molar refractivity (Wildman–Crippen MR) is 31.4 cm³/mol. The molecule has 1 heterocycles. The number of carbonyl (C=O) groups is 1.